The van der Waals surface area contributed by atoms with Gasteiger partial charge >= 0.3 is 0 Å². The fourth-order valence-electron chi connectivity index (χ4n) is 3.77. The lowest BCUT2D eigenvalue weighted by Gasteiger charge is -2.45. The molecule has 0 N–H and O–H groups in total. The molecule has 1 aromatic heterocycles. The second-order valence-corrected chi connectivity index (χ2v) is 8.29. The molecule has 0 atom stereocenters. The second kappa shape index (κ2) is 6.54. The Balaban J connectivity index is 1.58. The molecular weight excluding hydrogens is 335 g/mol. The van der Waals surface area contributed by atoms with E-state index in [0.29, 0.717) is 5.91 Å². The molecule has 5 heteroatoms. The van der Waals surface area contributed by atoms with Gasteiger partial charge in [0.2, 0.25) is 5.91 Å². The molecule has 0 radical (unpaired) electrons. The summed E-state index contributed by atoms with van der Waals surface area (Å²) >= 11 is 1.69. The highest BCUT2D eigenvalue weighted by atomic mass is 32.1. The van der Waals surface area contributed by atoms with Crippen LogP contribution in [0.2, 0.25) is 0 Å². The maximum atomic E-state index is 13.3. The fraction of sp³-hybridized carbons (Fsp3) is 0.450. The molecule has 1 amide bonds. The summed E-state index contributed by atoms with van der Waals surface area (Å²) in [6.45, 7) is 3.56. The highest BCUT2D eigenvalue weighted by Gasteiger charge is 2.48. The monoisotopic (exact) mass is 358 g/mol. The lowest BCUT2D eigenvalue weighted by molar-refractivity contribution is -0.142. The molecule has 2 heterocycles. The van der Waals surface area contributed by atoms with E-state index in [1.165, 1.54) is 17.0 Å². The van der Waals surface area contributed by atoms with Gasteiger partial charge in [-0.15, -0.1) is 11.3 Å². The van der Waals surface area contributed by atoms with Gasteiger partial charge in [0, 0.05) is 35.9 Å². The standard InChI is InChI=1S/C20H23FN2OS/c1-22-11-13-23(14-12-22)19(24)20(9-2-10-20)18-8-7-17(25-18)15-3-5-16(21)6-4-15/h3-8H,2,9-14H2,1H3. The summed E-state index contributed by atoms with van der Waals surface area (Å²) in [5, 5.41) is 0. The minimum Gasteiger partial charge on any atom is -0.339 e. The predicted octanol–water partition coefficient (Wildman–Crippen LogP) is 3.75. The third kappa shape index (κ3) is 3.00. The Morgan fingerprint density at radius 3 is 2.32 bits per heavy atom. The molecular formula is C20H23FN2OS. The number of hydrogen-bond donors (Lipinski definition) is 0. The lowest BCUT2D eigenvalue weighted by Crippen LogP contribution is -2.55. The Bertz CT molecular complexity index is 758. The summed E-state index contributed by atoms with van der Waals surface area (Å²) in [4.78, 5) is 19.9. The molecule has 1 saturated heterocycles. The summed E-state index contributed by atoms with van der Waals surface area (Å²) in [7, 11) is 2.11. The van der Waals surface area contributed by atoms with E-state index >= 15 is 0 Å². The second-order valence-electron chi connectivity index (χ2n) is 7.20. The van der Waals surface area contributed by atoms with Gasteiger partial charge in [0.15, 0.2) is 0 Å². The molecule has 0 spiro atoms. The van der Waals surface area contributed by atoms with Crippen molar-refractivity contribution in [2.24, 2.45) is 0 Å². The summed E-state index contributed by atoms with van der Waals surface area (Å²) in [5.41, 5.74) is 0.693. The number of piperazine rings is 1. The molecule has 2 aliphatic rings. The normalized spacial score (nSPS) is 20.3. The molecule has 25 heavy (non-hydrogen) atoms. The van der Waals surface area contributed by atoms with Gasteiger partial charge in [0.1, 0.15) is 5.82 Å². The zero-order valence-corrected chi connectivity index (χ0v) is 15.3. The molecule has 2 fully saturated rings. The molecule has 3 nitrogen and oxygen atoms in total. The number of thiophene rings is 1. The van der Waals surface area contributed by atoms with E-state index in [2.05, 4.69) is 29.0 Å². The number of likely N-dealkylation sites (N-methyl/N-ethyl adjacent to an activating group) is 1. The van der Waals surface area contributed by atoms with Crippen LogP contribution in [0.4, 0.5) is 4.39 Å². The maximum Gasteiger partial charge on any atom is 0.234 e. The molecule has 0 unspecified atom stereocenters. The van der Waals surface area contributed by atoms with E-state index in [-0.39, 0.29) is 11.2 Å². The summed E-state index contributed by atoms with van der Waals surface area (Å²) < 4.78 is 13.1. The van der Waals surface area contributed by atoms with Crippen molar-refractivity contribution in [2.45, 2.75) is 24.7 Å². The average molecular weight is 358 g/mol. The van der Waals surface area contributed by atoms with Crippen LogP contribution >= 0.6 is 11.3 Å². The molecule has 1 saturated carbocycles. The van der Waals surface area contributed by atoms with E-state index in [1.54, 1.807) is 23.5 Å². The van der Waals surface area contributed by atoms with Crippen LogP contribution in [0.25, 0.3) is 10.4 Å². The summed E-state index contributed by atoms with van der Waals surface area (Å²) in [6, 6.07) is 10.8. The van der Waals surface area contributed by atoms with Crippen LogP contribution in [0.3, 0.4) is 0 Å². The Morgan fingerprint density at radius 1 is 1.04 bits per heavy atom. The molecule has 0 bridgehead atoms. The fourth-order valence-corrected chi connectivity index (χ4v) is 5.02. The smallest absolute Gasteiger partial charge is 0.234 e. The Morgan fingerprint density at radius 2 is 1.72 bits per heavy atom. The van der Waals surface area contributed by atoms with Gasteiger partial charge in [-0.05, 0) is 49.7 Å². The van der Waals surface area contributed by atoms with Gasteiger partial charge in [-0.1, -0.05) is 18.6 Å². The predicted molar refractivity (Wildman–Crippen MR) is 99.3 cm³/mol. The quantitative estimate of drug-likeness (QED) is 0.834. The van der Waals surface area contributed by atoms with Crippen LogP contribution in [0, 0.1) is 5.82 Å². The molecule has 1 aliphatic carbocycles. The van der Waals surface area contributed by atoms with Crippen LogP contribution in [-0.2, 0) is 10.2 Å². The number of nitrogens with zero attached hydrogens (tertiary/aromatic N) is 2. The first-order valence-corrected chi connectivity index (χ1v) is 9.74. The Kier molecular flexibility index (Phi) is 4.38. The van der Waals surface area contributed by atoms with E-state index in [4.69, 9.17) is 0 Å². The lowest BCUT2D eigenvalue weighted by atomic mass is 9.66. The zero-order valence-electron chi connectivity index (χ0n) is 14.5. The minimum atomic E-state index is -0.321. The van der Waals surface area contributed by atoms with Crippen LogP contribution in [0.5, 0.6) is 0 Å². The molecule has 132 valence electrons. The van der Waals surface area contributed by atoms with Crippen molar-refractivity contribution in [3.63, 3.8) is 0 Å². The van der Waals surface area contributed by atoms with Gasteiger partial charge in [0.25, 0.3) is 0 Å². The largest absolute Gasteiger partial charge is 0.339 e. The van der Waals surface area contributed by atoms with Crippen molar-refractivity contribution in [1.82, 2.24) is 9.80 Å². The van der Waals surface area contributed by atoms with Gasteiger partial charge in [-0.25, -0.2) is 4.39 Å². The van der Waals surface area contributed by atoms with Crippen LogP contribution < -0.4 is 0 Å². The van der Waals surface area contributed by atoms with Crippen molar-refractivity contribution >= 4 is 17.2 Å². The Hall–Kier alpha value is -1.72. The van der Waals surface area contributed by atoms with Gasteiger partial charge in [0.05, 0.1) is 5.41 Å². The molecule has 1 aromatic carbocycles. The SMILES string of the molecule is CN1CCN(C(=O)C2(c3ccc(-c4ccc(F)cc4)s3)CCC2)CC1. The van der Waals surface area contributed by atoms with Crippen molar-refractivity contribution in [3.05, 3.63) is 47.1 Å². The van der Waals surface area contributed by atoms with Gasteiger partial charge in [-0.2, -0.15) is 0 Å². The number of carbonyl (C=O) groups excluding carboxylic acids is 1. The number of halogens is 1. The van der Waals surface area contributed by atoms with Crippen molar-refractivity contribution < 1.29 is 9.18 Å². The third-order valence-electron chi connectivity index (χ3n) is 5.61. The number of benzene rings is 1. The third-order valence-corrected chi connectivity index (χ3v) is 6.95. The van der Waals surface area contributed by atoms with E-state index in [1.807, 2.05) is 0 Å². The van der Waals surface area contributed by atoms with E-state index in [9.17, 15) is 9.18 Å². The molecule has 2 aromatic rings. The number of amides is 1. The maximum absolute atomic E-state index is 13.3. The topological polar surface area (TPSA) is 23.6 Å². The molecule has 4 rings (SSSR count). The van der Waals surface area contributed by atoms with Crippen molar-refractivity contribution in [3.8, 4) is 10.4 Å². The van der Waals surface area contributed by atoms with E-state index < -0.39 is 0 Å². The zero-order chi connectivity index (χ0) is 17.4. The number of carbonyl (C=O) groups is 1. The Labute approximate surface area is 152 Å². The molecule has 1 aliphatic heterocycles. The summed E-state index contributed by atoms with van der Waals surface area (Å²) in [5.74, 6) is 0.0839. The first-order valence-electron chi connectivity index (χ1n) is 8.93. The van der Waals surface area contributed by atoms with Crippen molar-refractivity contribution in [1.29, 1.82) is 0 Å². The van der Waals surface area contributed by atoms with Crippen LogP contribution in [0.1, 0.15) is 24.1 Å². The first-order chi connectivity index (χ1) is 12.1. The average Bonchev–Trinajstić information content (AvgIpc) is 3.05. The van der Waals surface area contributed by atoms with Gasteiger partial charge in [-0.3, -0.25) is 4.79 Å². The van der Waals surface area contributed by atoms with Crippen LogP contribution in [0.15, 0.2) is 36.4 Å². The van der Waals surface area contributed by atoms with Crippen LogP contribution in [-0.4, -0.2) is 48.9 Å². The van der Waals surface area contributed by atoms with Crippen molar-refractivity contribution in [2.75, 3.05) is 33.2 Å². The first kappa shape index (κ1) is 16.7. The highest BCUT2D eigenvalue weighted by Crippen LogP contribution is 2.49. The minimum absolute atomic E-state index is 0.221. The highest BCUT2D eigenvalue weighted by molar-refractivity contribution is 7.15. The number of hydrogen-bond acceptors (Lipinski definition) is 3. The summed E-state index contributed by atoms with van der Waals surface area (Å²) in [6.07, 6.45) is 3.01. The number of rotatable bonds is 3. The van der Waals surface area contributed by atoms with E-state index in [0.717, 1.165) is 55.9 Å². The van der Waals surface area contributed by atoms with Gasteiger partial charge < -0.3 is 9.80 Å².